The van der Waals surface area contributed by atoms with Crippen LogP contribution in [-0.4, -0.2) is 53.8 Å². The van der Waals surface area contributed by atoms with E-state index in [0.717, 1.165) is 31.5 Å². The average molecular weight is 422 g/mol. The van der Waals surface area contributed by atoms with Crippen LogP contribution in [-0.2, 0) is 11.2 Å². The first-order chi connectivity index (χ1) is 12.5. The number of primary amides is 1. The number of aryl methyl sites for hydroxylation is 1. The lowest BCUT2D eigenvalue weighted by atomic mass is 9.99. The van der Waals surface area contributed by atoms with Gasteiger partial charge in [0.25, 0.3) is 0 Å². The molecular weight excluding hydrogens is 394 g/mol. The fourth-order valence-electron chi connectivity index (χ4n) is 4.09. The van der Waals surface area contributed by atoms with E-state index in [1.165, 1.54) is 32.4 Å². The third-order valence-corrected chi connectivity index (χ3v) is 6.34. The SMILES string of the molecule is NC(=O)c1cc(CCC(=O)N2CCC(N3CCCCC3)CC2)ccc1Br. The van der Waals surface area contributed by atoms with Gasteiger partial charge in [0.1, 0.15) is 0 Å². The Kier molecular flexibility index (Phi) is 6.70. The number of carbonyl (C=O) groups excluding carboxylic acids is 2. The molecule has 6 heteroatoms. The molecule has 0 atom stereocenters. The van der Waals surface area contributed by atoms with Crippen molar-refractivity contribution < 1.29 is 9.59 Å². The van der Waals surface area contributed by atoms with Crippen LogP contribution in [0, 0.1) is 0 Å². The molecule has 0 aliphatic carbocycles. The second-order valence-corrected chi connectivity index (χ2v) is 8.24. The van der Waals surface area contributed by atoms with Gasteiger partial charge in [0.05, 0.1) is 5.56 Å². The predicted octanol–water partition coefficient (Wildman–Crippen LogP) is 2.96. The molecule has 2 N–H and O–H groups in total. The van der Waals surface area contributed by atoms with Gasteiger partial charge >= 0.3 is 0 Å². The van der Waals surface area contributed by atoms with Gasteiger partial charge in [-0.15, -0.1) is 0 Å². The quantitative estimate of drug-likeness (QED) is 0.794. The molecule has 1 aromatic rings. The maximum Gasteiger partial charge on any atom is 0.249 e. The summed E-state index contributed by atoms with van der Waals surface area (Å²) in [5.74, 6) is -0.240. The van der Waals surface area contributed by atoms with E-state index in [2.05, 4.69) is 20.8 Å². The van der Waals surface area contributed by atoms with Gasteiger partial charge in [-0.3, -0.25) is 9.59 Å². The van der Waals surface area contributed by atoms with Gasteiger partial charge in [0.15, 0.2) is 0 Å². The number of piperidine rings is 2. The zero-order chi connectivity index (χ0) is 18.5. The number of nitrogens with zero attached hydrogens (tertiary/aromatic N) is 2. The van der Waals surface area contributed by atoms with Crippen molar-refractivity contribution in [3.05, 3.63) is 33.8 Å². The first kappa shape index (κ1) is 19.4. The van der Waals surface area contributed by atoms with Crippen molar-refractivity contribution in [2.24, 2.45) is 5.73 Å². The molecule has 1 aromatic carbocycles. The van der Waals surface area contributed by atoms with Crippen molar-refractivity contribution >= 4 is 27.7 Å². The Morgan fingerprint density at radius 2 is 1.77 bits per heavy atom. The van der Waals surface area contributed by atoms with E-state index < -0.39 is 5.91 Å². The summed E-state index contributed by atoms with van der Waals surface area (Å²) in [6.07, 6.45) is 7.30. The summed E-state index contributed by atoms with van der Waals surface area (Å²) in [6, 6.07) is 6.20. The first-order valence-electron chi connectivity index (χ1n) is 9.64. The molecule has 0 radical (unpaired) electrons. The van der Waals surface area contributed by atoms with Crippen LogP contribution in [0.15, 0.2) is 22.7 Å². The first-order valence-corrected chi connectivity index (χ1v) is 10.4. The molecular formula is C20H28BrN3O2. The summed E-state index contributed by atoms with van der Waals surface area (Å²) >= 11 is 3.33. The van der Waals surface area contributed by atoms with Crippen LogP contribution >= 0.6 is 15.9 Å². The largest absolute Gasteiger partial charge is 0.366 e. The van der Waals surface area contributed by atoms with E-state index in [-0.39, 0.29) is 5.91 Å². The second-order valence-electron chi connectivity index (χ2n) is 7.39. The molecule has 0 aromatic heterocycles. The van der Waals surface area contributed by atoms with Gasteiger partial charge in [-0.05, 0) is 78.8 Å². The van der Waals surface area contributed by atoms with Gasteiger partial charge < -0.3 is 15.5 Å². The maximum absolute atomic E-state index is 12.6. The van der Waals surface area contributed by atoms with Crippen molar-refractivity contribution in [1.29, 1.82) is 0 Å². The fourth-order valence-corrected chi connectivity index (χ4v) is 4.53. The minimum Gasteiger partial charge on any atom is -0.366 e. The molecule has 2 fully saturated rings. The Balaban J connectivity index is 1.47. The molecule has 0 spiro atoms. The highest BCUT2D eigenvalue weighted by Gasteiger charge is 2.27. The van der Waals surface area contributed by atoms with E-state index in [1.807, 2.05) is 17.0 Å². The summed E-state index contributed by atoms with van der Waals surface area (Å²) in [6.45, 7) is 4.19. The standard InChI is InChI=1S/C20H28BrN3O2/c21-18-6-4-15(14-17(18)20(22)26)5-7-19(25)24-12-8-16(9-13-24)23-10-2-1-3-11-23/h4,6,14,16H,1-3,5,7-13H2,(H2,22,26). The number of rotatable bonds is 5. The predicted molar refractivity (Wildman–Crippen MR) is 106 cm³/mol. The van der Waals surface area contributed by atoms with Gasteiger partial charge in [-0.2, -0.15) is 0 Å². The van der Waals surface area contributed by atoms with Crippen molar-refractivity contribution in [2.45, 2.75) is 51.0 Å². The molecule has 3 rings (SSSR count). The zero-order valence-corrected chi connectivity index (χ0v) is 16.8. The molecule has 5 nitrogen and oxygen atoms in total. The van der Waals surface area contributed by atoms with Crippen LogP contribution in [0.2, 0.25) is 0 Å². The number of amides is 2. The fraction of sp³-hybridized carbons (Fsp3) is 0.600. The van der Waals surface area contributed by atoms with Gasteiger partial charge in [-0.25, -0.2) is 0 Å². The zero-order valence-electron chi connectivity index (χ0n) is 15.3. The number of likely N-dealkylation sites (tertiary alicyclic amines) is 2. The second kappa shape index (κ2) is 9.00. The highest BCUT2D eigenvalue weighted by atomic mass is 79.9. The Bertz CT molecular complexity index is 650. The van der Waals surface area contributed by atoms with E-state index in [4.69, 9.17) is 5.73 Å². The number of halogens is 1. The third-order valence-electron chi connectivity index (χ3n) is 5.65. The molecule has 2 heterocycles. The third kappa shape index (κ3) is 4.86. The number of nitrogens with two attached hydrogens (primary N) is 1. The normalized spacial score (nSPS) is 19.5. The Morgan fingerprint density at radius 3 is 2.42 bits per heavy atom. The molecule has 2 saturated heterocycles. The molecule has 2 aliphatic rings. The van der Waals surface area contributed by atoms with Crippen molar-refractivity contribution in [3.8, 4) is 0 Å². The van der Waals surface area contributed by atoms with E-state index in [9.17, 15) is 9.59 Å². The molecule has 0 unspecified atom stereocenters. The van der Waals surface area contributed by atoms with Gasteiger partial charge in [0.2, 0.25) is 11.8 Å². The minimum absolute atomic E-state index is 0.214. The molecule has 0 saturated carbocycles. The summed E-state index contributed by atoms with van der Waals surface area (Å²) < 4.78 is 0.694. The van der Waals surface area contributed by atoms with Gasteiger partial charge in [0, 0.05) is 30.0 Å². The summed E-state index contributed by atoms with van der Waals surface area (Å²) in [5, 5.41) is 0. The van der Waals surface area contributed by atoms with Crippen molar-refractivity contribution in [1.82, 2.24) is 9.80 Å². The summed E-state index contributed by atoms with van der Waals surface area (Å²) in [4.78, 5) is 28.6. The number of carbonyl (C=O) groups is 2. The maximum atomic E-state index is 12.6. The minimum atomic E-state index is -0.454. The van der Waals surface area contributed by atoms with Crippen LogP contribution in [0.4, 0.5) is 0 Å². The molecule has 142 valence electrons. The average Bonchev–Trinajstić information content (AvgIpc) is 2.67. The van der Waals surface area contributed by atoms with Crippen LogP contribution in [0.1, 0.15) is 54.4 Å². The lowest BCUT2D eigenvalue weighted by Crippen LogP contribution is -2.48. The number of benzene rings is 1. The lowest BCUT2D eigenvalue weighted by molar-refractivity contribution is -0.132. The van der Waals surface area contributed by atoms with Gasteiger partial charge in [-0.1, -0.05) is 12.5 Å². The smallest absolute Gasteiger partial charge is 0.249 e. The number of hydrogen-bond donors (Lipinski definition) is 1. The van der Waals surface area contributed by atoms with Crippen LogP contribution in [0.25, 0.3) is 0 Å². The Labute approximate surface area is 164 Å². The summed E-state index contributed by atoms with van der Waals surface area (Å²) in [5.41, 5.74) is 6.82. The van der Waals surface area contributed by atoms with Crippen molar-refractivity contribution in [3.63, 3.8) is 0 Å². The molecule has 0 bridgehead atoms. The lowest BCUT2D eigenvalue weighted by Gasteiger charge is -2.40. The monoisotopic (exact) mass is 421 g/mol. The van der Waals surface area contributed by atoms with E-state index in [0.29, 0.717) is 28.9 Å². The van der Waals surface area contributed by atoms with Crippen LogP contribution in [0.5, 0.6) is 0 Å². The highest BCUT2D eigenvalue weighted by Crippen LogP contribution is 2.22. The molecule has 2 aliphatic heterocycles. The van der Waals surface area contributed by atoms with Crippen LogP contribution < -0.4 is 5.73 Å². The van der Waals surface area contributed by atoms with Crippen LogP contribution in [0.3, 0.4) is 0 Å². The topological polar surface area (TPSA) is 66.6 Å². The number of hydrogen-bond acceptors (Lipinski definition) is 3. The molecule has 2 amide bonds. The summed E-state index contributed by atoms with van der Waals surface area (Å²) in [7, 11) is 0. The highest BCUT2D eigenvalue weighted by molar-refractivity contribution is 9.10. The molecule has 26 heavy (non-hydrogen) atoms. The van der Waals surface area contributed by atoms with Crippen molar-refractivity contribution in [2.75, 3.05) is 26.2 Å². The van der Waals surface area contributed by atoms with E-state index in [1.54, 1.807) is 6.07 Å². The Morgan fingerprint density at radius 1 is 1.08 bits per heavy atom. The Hall–Kier alpha value is -1.40. The van der Waals surface area contributed by atoms with E-state index >= 15 is 0 Å².